The monoisotopic (exact) mass is 242 g/mol. The molecule has 3 nitrogen and oxygen atoms in total. The maximum atomic E-state index is 5.19. The van der Waals surface area contributed by atoms with Crippen LogP contribution in [-0.2, 0) is 4.74 Å². The maximum Gasteiger partial charge on any atom is 0.0589 e. The number of hydrogen-bond acceptors (Lipinski definition) is 3. The molecule has 1 rings (SSSR count). The minimum atomic E-state index is 0.682. The first-order valence-corrected chi connectivity index (χ1v) is 7.24. The van der Waals surface area contributed by atoms with Crippen molar-refractivity contribution in [1.29, 1.82) is 0 Å². The summed E-state index contributed by atoms with van der Waals surface area (Å²) in [6.45, 7) is 8.96. The Bertz CT molecular complexity index is 181. The Labute approximate surface area is 107 Å². The molecule has 102 valence electrons. The van der Waals surface area contributed by atoms with Crippen molar-refractivity contribution in [2.24, 2.45) is 0 Å². The second-order valence-corrected chi connectivity index (χ2v) is 5.22. The minimum absolute atomic E-state index is 0.682. The van der Waals surface area contributed by atoms with Crippen molar-refractivity contribution in [3.63, 3.8) is 0 Å². The van der Waals surface area contributed by atoms with Crippen LogP contribution >= 0.6 is 0 Å². The maximum absolute atomic E-state index is 5.19. The SMILES string of the molecule is CCC(C)N(CCCC1CCCN1)CCOC. The number of ether oxygens (including phenoxy) is 1. The fraction of sp³-hybridized carbons (Fsp3) is 1.00. The third-order valence-corrected chi connectivity index (χ3v) is 3.96. The molecular formula is C14H30N2O. The average molecular weight is 242 g/mol. The van der Waals surface area contributed by atoms with Crippen LogP contribution < -0.4 is 5.32 Å². The summed E-state index contributed by atoms with van der Waals surface area (Å²) < 4.78 is 5.19. The molecule has 0 amide bonds. The first-order valence-electron chi connectivity index (χ1n) is 7.24. The average Bonchev–Trinajstić information content (AvgIpc) is 2.85. The van der Waals surface area contributed by atoms with Crippen LogP contribution in [0.3, 0.4) is 0 Å². The van der Waals surface area contributed by atoms with Crippen LogP contribution in [0.15, 0.2) is 0 Å². The minimum Gasteiger partial charge on any atom is -0.383 e. The Hall–Kier alpha value is -0.120. The van der Waals surface area contributed by atoms with Gasteiger partial charge in [-0.1, -0.05) is 6.92 Å². The zero-order chi connectivity index (χ0) is 12.5. The third kappa shape index (κ3) is 5.84. The Balaban J connectivity index is 2.17. The molecule has 0 aromatic rings. The molecule has 0 bridgehead atoms. The number of nitrogens with one attached hydrogen (secondary N) is 1. The molecule has 1 N–H and O–H groups in total. The highest BCUT2D eigenvalue weighted by Crippen LogP contribution is 2.12. The van der Waals surface area contributed by atoms with E-state index in [1.165, 1.54) is 45.2 Å². The highest BCUT2D eigenvalue weighted by molar-refractivity contribution is 4.75. The molecule has 0 aliphatic carbocycles. The van der Waals surface area contributed by atoms with Crippen LogP contribution in [0, 0.1) is 0 Å². The van der Waals surface area contributed by atoms with Gasteiger partial charge < -0.3 is 10.1 Å². The molecule has 2 unspecified atom stereocenters. The van der Waals surface area contributed by atoms with Crippen molar-refractivity contribution >= 4 is 0 Å². The van der Waals surface area contributed by atoms with E-state index < -0.39 is 0 Å². The second-order valence-electron chi connectivity index (χ2n) is 5.22. The van der Waals surface area contributed by atoms with Crippen molar-refractivity contribution in [1.82, 2.24) is 10.2 Å². The lowest BCUT2D eigenvalue weighted by Crippen LogP contribution is -2.36. The molecule has 1 aliphatic rings. The Kier molecular flexibility index (Phi) is 7.82. The van der Waals surface area contributed by atoms with Crippen LogP contribution in [0.4, 0.5) is 0 Å². The molecule has 1 fully saturated rings. The smallest absolute Gasteiger partial charge is 0.0589 e. The van der Waals surface area contributed by atoms with Gasteiger partial charge in [0.25, 0.3) is 0 Å². The topological polar surface area (TPSA) is 24.5 Å². The second kappa shape index (κ2) is 8.90. The van der Waals surface area contributed by atoms with Crippen molar-refractivity contribution in [2.45, 2.75) is 58.0 Å². The lowest BCUT2D eigenvalue weighted by atomic mass is 10.1. The summed E-state index contributed by atoms with van der Waals surface area (Å²) in [7, 11) is 1.79. The molecule has 1 heterocycles. The summed E-state index contributed by atoms with van der Waals surface area (Å²) >= 11 is 0. The number of hydrogen-bond donors (Lipinski definition) is 1. The highest BCUT2D eigenvalue weighted by atomic mass is 16.5. The van der Waals surface area contributed by atoms with Gasteiger partial charge in [0.2, 0.25) is 0 Å². The predicted octanol–water partition coefficient (Wildman–Crippen LogP) is 2.27. The van der Waals surface area contributed by atoms with E-state index in [9.17, 15) is 0 Å². The molecule has 0 saturated carbocycles. The highest BCUT2D eigenvalue weighted by Gasteiger charge is 2.15. The predicted molar refractivity (Wildman–Crippen MR) is 73.5 cm³/mol. The quantitative estimate of drug-likeness (QED) is 0.671. The van der Waals surface area contributed by atoms with E-state index >= 15 is 0 Å². The summed E-state index contributed by atoms with van der Waals surface area (Å²) in [5.41, 5.74) is 0. The zero-order valence-corrected chi connectivity index (χ0v) is 11.9. The van der Waals surface area contributed by atoms with Gasteiger partial charge in [-0.25, -0.2) is 0 Å². The van der Waals surface area contributed by atoms with Crippen molar-refractivity contribution in [3.8, 4) is 0 Å². The van der Waals surface area contributed by atoms with Crippen molar-refractivity contribution in [2.75, 3.05) is 33.4 Å². The fourth-order valence-electron chi connectivity index (χ4n) is 2.56. The fourth-order valence-corrected chi connectivity index (χ4v) is 2.56. The van der Waals surface area contributed by atoms with Gasteiger partial charge in [-0.15, -0.1) is 0 Å². The lowest BCUT2D eigenvalue weighted by Gasteiger charge is -2.28. The zero-order valence-electron chi connectivity index (χ0n) is 11.9. The number of rotatable bonds is 9. The molecule has 0 aromatic heterocycles. The van der Waals surface area contributed by atoms with Gasteiger partial charge in [-0.05, 0) is 52.1 Å². The molecule has 0 spiro atoms. The van der Waals surface area contributed by atoms with Gasteiger partial charge in [0.15, 0.2) is 0 Å². The summed E-state index contributed by atoms with van der Waals surface area (Å²) in [6, 6.07) is 1.47. The summed E-state index contributed by atoms with van der Waals surface area (Å²) in [4.78, 5) is 2.57. The largest absolute Gasteiger partial charge is 0.383 e. The summed E-state index contributed by atoms with van der Waals surface area (Å²) in [5, 5.41) is 3.57. The summed E-state index contributed by atoms with van der Waals surface area (Å²) in [5.74, 6) is 0. The molecule has 1 aliphatic heterocycles. The normalized spacial score (nSPS) is 22.2. The van der Waals surface area contributed by atoms with E-state index in [1.54, 1.807) is 7.11 Å². The Morgan fingerprint density at radius 3 is 2.82 bits per heavy atom. The van der Waals surface area contributed by atoms with E-state index in [4.69, 9.17) is 4.74 Å². The summed E-state index contributed by atoms with van der Waals surface area (Å²) in [6.07, 6.45) is 6.61. The van der Waals surface area contributed by atoms with Crippen LogP contribution in [0.5, 0.6) is 0 Å². The molecule has 1 saturated heterocycles. The van der Waals surface area contributed by atoms with Gasteiger partial charge >= 0.3 is 0 Å². The van der Waals surface area contributed by atoms with Crippen LogP contribution in [0.1, 0.15) is 46.0 Å². The van der Waals surface area contributed by atoms with E-state index in [0.29, 0.717) is 6.04 Å². The van der Waals surface area contributed by atoms with Crippen LogP contribution in [0.25, 0.3) is 0 Å². The first kappa shape index (κ1) is 14.9. The van der Waals surface area contributed by atoms with E-state index in [2.05, 4.69) is 24.1 Å². The molecular weight excluding hydrogens is 212 g/mol. The van der Waals surface area contributed by atoms with Gasteiger partial charge in [0.1, 0.15) is 0 Å². The van der Waals surface area contributed by atoms with Crippen LogP contribution in [-0.4, -0.2) is 50.3 Å². The number of methoxy groups -OCH3 is 1. The van der Waals surface area contributed by atoms with E-state index in [1.807, 2.05) is 0 Å². The van der Waals surface area contributed by atoms with Crippen molar-refractivity contribution in [3.05, 3.63) is 0 Å². The Morgan fingerprint density at radius 2 is 2.24 bits per heavy atom. The lowest BCUT2D eigenvalue weighted by molar-refractivity contribution is 0.121. The van der Waals surface area contributed by atoms with Crippen LogP contribution in [0.2, 0.25) is 0 Å². The third-order valence-electron chi connectivity index (χ3n) is 3.96. The van der Waals surface area contributed by atoms with Gasteiger partial charge in [0.05, 0.1) is 6.61 Å². The molecule has 2 atom stereocenters. The molecule has 0 aromatic carbocycles. The van der Waals surface area contributed by atoms with Gasteiger partial charge in [-0.3, -0.25) is 4.90 Å². The molecule has 17 heavy (non-hydrogen) atoms. The number of nitrogens with zero attached hydrogens (tertiary/aromatic N) is 1. The van der Waals surface area contributed by atoms with E-state index in [0.717, 1.165) is 19.2 Å². The van der Waals surface area contributed by atoms with E-state index in [-0.39, 0.29) is 0 Å². The Morgan fingerprint density at radius 1 is 1.41 bits per heavy atom. The molecule has 3 heteroatoms. The molecule has 0 radical (unpaired) electrons. The van der Waals surface area contributed by atoms with Gasteiger partial charge in [-0.2, -0.15) is 0 Å². The standard InChI is InChI=1S/C14H30N2O/c1-4-13(2)16(11-12-17-3)10-6-8-14-7-5-9-15-14/h13-15H,4-12H2,1-3H3. The van der Waals surface area contributed by atoms with Gasteiger partial charge in [0, 0.05) is 25.7 Å². The first-order chi connectivity index (χ1) is 8.27. The van der Waals surface area contributed by atoms with Crippen molar-refractivity contribution < 1.29 is 4.74 Å².